The largest absolute Gasteiger partial charge is 0.491 e. The zero-order chi connectivity index (χ0) is 23.8. The van der Waals surface area contributed by atoms with Gasteiger partial charge in [0.25, 0.3) is 0 Å². The van der Waals surface area contributed by atoms with Gasteiger partial charge in [-0.25, -0.2) is 16.8 Å². The van der Waals surface area contributed by atoms with E-state index >= 15 is 0 Å². The summed E-state index contributed by atoms with van der Waals surface area (Å²) in [6.45, 7) is 6.64. The number of hydrogen-bond acceptors (Lipinski definition) is 7. The van der Waals surface area contributed by atoms with Crippen molar-refractivity contribution in [1.82, 2.24) is 8.61 Å². The molecule has 2 aromatic carbocycles. The second kappa shape index (κ2) is 9.13. The Morgan fingerprint density at radius 3 is 1.85 bits per heavy atom. The highest BCUT2D eigenvalue weighted by Gasteiger charge is 2.34. The van der Waals surface area contributed by atoms with E-state index in [1.54, 1.807) is 25.1 Å². The summed E-state index contributed by atoms with van der Waals surface area (Å²) in [6.07, 6.45) is -0.0182. The third-order valence-corrected chi connectivity index (χ3v) is 9.29. The van der Waals surface area contributed by atoms with Crippen LogP contribution in [0.5, 0.6) is 17.2 Å². The van der Waals surface area contributed by atoms with Crippen LogP contribution in [0.4, 0.5) is 0 Å². The van der Waals surface area contributed by atoms with Crippen molar-refractivity contribution in [1.29, 1.82) is 0 Å². The minimum absolute atomic E-state index is 0.0182. The van der Waals surface area contributed by atoms with E-state index in [9.17, 15) is 16.8 Å². The molecular weight excluding hydrogens is 468 g/mol. The predicted molar refractivity (Wildman–Crippen MR) is 122 cm³/mol. The zero-order valence-corrected chi connectivity index (χ0v) is 20.5. The number of benzene rings is 2. The Labute approximate surface area is 195 Å². The average molecular weight is 497 g/mol. The third-order valence-electron chi connectivity index (χ3n) is 5.50. The summed E-state index contributed by atoms with van der Waals surface area (Å²) in [5.41, 5.74) is 0.726. The van der Waals surface area contributed by atoms with Crippen molar-refractivity contribution in [2.24, 2.45) is 0 Å². The van der Waals surface area contributed by atoms with Gasteiger partial charge in [0.2, 0.25) is 20.0 Å². The fraction of sp³-hybridized carbons (Fsp3) is 0.455. The van der Waals surface area contributed by atoms with E-state index in [0.29, 0.717) is 30.5 Å². The van der Waals surface area contributed by atoms with Crippen LogP contribution in [-0.2, 0) is 20.0 Å². The highest BCUT2D eigenvalue weighted by Crippen LogP contribution is 2.33. The smallest absolute Gasteiger partial charge is 0.243 e. The van der Waals surface area contributed by atoms with Crippen LogP contribution in [0.2, 0.25) is 0 Å². The van der Waals surface area contributed by atoms with Gasteiger partial charge in [0, 0.05) is 32.2 Å². The zero-order valence-electron chi connectivity index (χ0n) is 18.9. The minimum Gasteiger partial charge on any atom is -0.491 e. The number of sulfonamides is 2. The van der Waals surface area contributed by atoms with Gasteiger partial charge in [-0.15, -0.1) is 0 Å². The molecule has 0 aromatic heterocycles. The molecule has 0 radical (unpaired) electrons. The van der Waals surface area contributed by atoms with Gasteiger partial charge < -0.3 is 14.2 Å². The van der Waals surface area contributed by atoms with Gasteiger partial charge in [-0.1, -0.05) is 0 Å². The van der Waals surface area contributed by atoms with Crippen LogP contribution >= 0.6 is 0 Å². The summed E-state index contributed by atoms with van der Waals surface area (Å²) >= 11 is 0. The van der Waals surface area contributed by atoms with Gasteiger partial charge in [0.15, 0.2) is 11.5 Å². The van der Waals surface area contributed by atoms with Crippen molar-refractivity contribution in [2.45, 2.75) is 36.7 Å². The lowest BCUT2D eigenvalue weighted by Gasteiger charge is -2.33. The average Bonchev–Trinajstić information content (AvgIpc) is 2.79. The first kappa shape index (κ1) is 23.8. The third kappa shape index (κ3) is 4.81. The Bertz CT molecular complexity index is 1240. The van der Waals surface area contributed by atoms with E-state index < -0.39 is 20.0 Å². The van der Waals surface area contributed by atoms with Crippen LogP contribution < -0.4 is 14.2 Å². The molecule has 1 fully saturated rings. The number of fused-ring (bicyclic) bond motifs is 1. The molecule has 180 valence electrons. The fourth-order valence-corrected chi connectivity index (χ4v) is 6.75. The second-order valence-electron chi connectivity index (χ2n) is 8.21. The molecule has 9 nitrogen and oxygen atoms in total. The molecule has 11 heteroatoms. The summed E-state index contributed by atoms with van der Waals surface area (Å²) in [7, 11) is -7.55. The van der Waals surface area contributed by atoms with Crippen LogP contribution in [-0.4, -0.2) is 70.9 Å². The van der Waals surface area contributed by atoms with Crippen LogP contribution in [0, 0.1) is 6.92 Å². The molecule has 0 unspecified atom stereocenters. The Morgan fingerprint density at radius 2 is 1.30 bits per heavy atom. The lowest BCUT2D eigenvalue weighted by atomic mass is 10.2. The van der Waals surface area contributed by atoms with Crippen molar-refractivity contribution < 1.29 is 31.0 Å². The van der Waals surface area contributed by atoms with E-state index in [1.165, 1.54) is 26.8 Å². The molecule has 1 saturated heterocycles. The van der Waals surface area contributed by atoms with E-state index in [0.717, 1.165) is 5.56 Å². The van der Waals surface area contributed by atoms with Crippen LogP contribution in [0.1, 0.15) is 19.4 Å². The number of rotatable bonds is 6. The fourth-order valence-electron chi connectivity index (χ4n) is 3.80. The monoisotopic (exact) mass is 496 g/mol. The first-order chi connectivity index (χ1) is 15.6. The van der Waals surface area contributed by atoms with E-state index in [2.05, 4.69) is 0 Å². The Morgan fingerprint density at radius 1 is 0.788 bits per heavy atom. The maximum atomic E-state index is 13.1. The number of piperazine rings is 1. The molecule has 4 rings (SSSR count). The summed E-state index contributed by atoms with van der Waals surface area (Å²) in [5, 5.41) is 0. The number of hydrogen-bond donors (Lipinski definition) is 0. The molecule has 2 aromatic rings. The lowest BCUT2D eigenvalue weighted by molar-refractivity contribution is 0.171. The summed E-state index contributed by atoms with van der Waals surface area (Å²) < 4.78 is 71.8. The number of ether oxygens (including phenoxy) is 3. The highest BCUT2D eigenvalue weighted by molar-refractivity contribution is 7.89. The van der Waals surface area contributed by atoms with Crippen molar-refractivity contribution in [3.05, 3.63) is 42.0 Å². The summed E-state index contributed by atoms with van der Waals surface area (Å²) in [6, 6.07) is 9.29. The number of nitrogens with zero attached hydrogens (tertiary/aromatic N) is 2. The topological polar surface area (TPSA) is 102 Å². The van der Waals surface area contributed by atoms with Crippen molar-refractivity contribution >= 4 is 20.0 Å². The van der Waals surface area contributed by atoms with E-state index in [4.69, 9.17) is 14.2 Å². The molecule has 0 N–H and O–H groups in total. The molecule has 0 atom stereocenters. The van der Waals surface area contributed by atoms with Crippen LogP contribution in [0.15, 0.2) is 46.2 Å². The van der Waals surface area contributed by atoms with Crippen molar-refractivity contribution in [3.63, 3.8) is 0 Å². The molecule has 2 aliphatic rings. The van der Waals surface area contributed by atoms with E-state index in [-0.39, 0.29) is 42.1 Å². The quantitative estimate of drug-likeness (QED) is 0.604. The highest BCUT2D eigenvalue weighted by atomic mass is 32.2. The molecule has 0 saturated carbocycles. The first-order valence-electron chi connectivity index (χ1n) is 10.8. The maximum absolute atomic E-state index is 13.1. The van der Waals surface area contributed by atoms with Gasteiger partial charge in [0.05, 0.1) is 15.9 Å². The molecule has 0 amide bonds. The minimum atomic E-state index is -3.79. The SMILES string of the molecule is Cc1cc(S(=O)(=O)N2CCN(S(=O)(=O)c3ccc4c(c3)OCCO4)CC2)ccc1OC(C)C. The Kier molecular flexibility index (Phi) is 6.59. The van der Waals surface area contributed by atoms with Crippen LogP contribution in [0.25, 0.3) is 0 Å². The van der Waals surface area contributed by atoms with Gasteiger partial charge >= 0.3 is 0 Å². The van der Waals surface area contributed by atoms with Gasteiger partial charge in [-0.05, 0) is 56.7 Å². The lowest BCUT2D eigenvalue weighted by Crippen LogP contribution is -2.50. The summed E-state index contributed by atoms with van der Waals surface area (Å²) in [5.74, 6) is 1.54. The molecular formula is C22H28N2O7S2. The van der Waals surface area contributed by atoms with Gasteiger partial charge in [-0.2, -0.15) is 8.61 Å². The van der Waals surface area contributed by atoms with Gasteiger partial charge in [0.1, 0.15) is 19.0 Å². The Balaban J connectivity index is 1.47. The molecule has 33 heavy (non-hydrogen) atoms. The normalized spacial score (nSPS) is 17.8. The summed E-state index contributed by atoms with van der Waals surface area (Å²) in [4.78, 5) is 0.263. The van der Waals surface area contributed by atoms with Gasteiger partial charge in [-0.3, -0.25) is 0 Å². The van der Waals surface area contributed by atoms with Crippen LogP contribution in [0.3, 0.4) is 0 Å². The molecule has 0 aliphatic carbocycles. The molecule has 0 bridgehead atoms. The van der Waals surface area contributed by atoms with Crippen molar-refractivity contribution in [3.8, 4) is 17.2 Å². The number of aryl methyl sites for hydroxylation is 1. The molecule has 2 aliphatic heterocycles. The predicted octanol–water partition coefficient (Wildman–Crippen LogP) is 2.25. The maximum Gasteiger partial charge on any atom is 0.243 e. The molecule has 2 heterocycles. The Hall–Kier alpha value is -2.34. The first-order valence-corrected chi connectivity index (χ1v) is 13.6. The second-order valence-corrected chi connectivity index (χ2v) is 12.1. The standard InChI is InChI=1S/C22H28N2O7S2/c1-16(2)31-20-6-4-18(14-17(20)3)32(25,26)23-8-10-24(11-9-23)33(27,28)19-5-7-21-22(15-19)30-13-12-29-21/h4-7,14-16H,8-13H2,1-3H3. The van der Waals surface area contributed by atoms with E-state index in [1.807, 2.05) is 13.8 Å². The molecule has 0 spiro atoms. The van der Waals surface area contributed by atoms with Crippen molar-refractivity contribution in [2.75, 3.05) is 39.4 Å².